The van der Waals surface area contributed by atoms with Gasteiger partial charge in [-0.25, -0.2) is 4.39 Å². The minimum Gasteiger partial charge on any atom is -0.204 e. The third kappa shape index (κ3) is 2.47. The third-order valence-electron chi connectivity index (χ3n) is 1.34. The molecule has 0 bridgehead atoms. The molecule has 0 aliphatic heterocycles. The molecular weight excluding hydrogens is 189 g/mol. The zero-order valence-electron chi connectivity index (χ0n) is 6.64. The molecule has 0 amide bonds. The Hall–Kier alpha value is -1.51. The average molecular weight is 194 g/mol. The summed E-state index contributed by atoms with van der Waals surface area (Å²) in [6, 6.07) is 6.43. The molecule has 1 nitrogen and oxygen atoms in total. The summed E-state index contributed by atoms with van der Waals surface area (Å²) in [6.07, 6.45) is 0.0892. The SMILES string of the molecule is N#CCC#Cc1cccc(Cl)c1F. The number of rotatable bonds is 0. The van der Waals surface area contributed by atoms with E-state index >= 15 is 0 Å². The van der Waals surface area contributed by atoms with Crippen molar-refractivity contribution >= 4 is 11.6 Å². The second-order valence-corrected chi connectivity index (χ2v) is 2.65. The Kier molecular flexibility index (Phi) is 3.31. The molecular formula is C10H5ClFN. The summed E-state index contributed by atoms with van der Waals surface area (Å²) in [6.45, 7) is 0. The van der Waals surface area contributed by atoms with Crippen molar-refractivity contribution in [3.63, 3.8) is 0 Å². The van der Waals surface area contributed by atoms with Gasteiger partial charge in [-0.05, 0) is 12.1 Å². The fraction of sp³-hybridized carbons (Fsp3) is 0.100. The van der Waals surface area contributed by atoms with Gasteiger partial charge in [-0.1, -0.05) is 29.5 Å². The normalized spacial score (nSPS) is 8.38. The number of benzene rings is 1. The van der Waals surface area contributed by atoms with E-state index in [1.165, 1.54) is 12.1 Å². The van der Waals surface area contributed by atoms with E-state index in [0.29, 0.717) is 0 Å². The first kappa shape index (κ1) is 9.58. The Balaban J connectivity index is 2.99. The Morgan fingerprint density at radius 1 is 1.46 bits per heavy atom. The first-order valence-corrected chi connectivity index (χ1v) is 3.93. The van der Waals surface area contributed by atoms with Gasteiger partial charge in [0.15, 0.2) is 5.82 Å². The fourth-order valence-corrected chi connectivity index (χ4v) is 0.954. The molecule has 1 aromatic carbocycles. The lowest BCUT2D eigenvalue weighted by molar-refractivity contribution is 0.625. The van der Waals surface area contributed by atoms with Crippen molar-refractivity contribution in [3.8, 4) is 17.9 Å². The number of nitrogens with zero attached hydrogens (tertiary/aromatic N) is 1. The number of hydrogen-bond donors (Lipinski definition) is 0. The quantitative estimate of drug-likeness (QED) is 0.582. The van der Waals surface area contributed by atoms with E-state index < -0.39 is 5.82 Å². The Morgan fingerprint density at radius 3 is 2.92 bits per heavy atom. The van der Waals surface area contributed by atoms with Crippen LogP contribution < -0.4 is 0 Å². The van der Waals surface area contributed by atoms with Gasteiger partial charge in [0.2, 0.25) is 0 Å². The van der Waals surface area contributed by atoms with Crippen LogP contribution in [0.1, 0.15) is 12.0 Å². The van der Waals surface area contributed by atoms with Gasteiger partial charge in [0, 0.05) is 0 Å². The highest BCUT2D eigenvalue weighted by Crippen LogP contribution is 2.16. The number of nitriles is 1. The molecule has 13 heavy (non-hydrogen) atoms. The highest BCUT2D eigenvalue weighted by Gasteiger charge is 2.02. The fourth-order valence-electron chi connectivity index (χ4n) is 0.779. The van der Waals surface area contributed by atoms with Crippen LogP contribution in [0.2, 0.25) is 5.02 Å². The highest BCUT2D eigenvalue weighted by atomic mass is 35.5. The summed E-state index contributed by atoms with van der Waals surface area (Å²) in [5.41, 5.74) is 0.225. The first-order valence-electron chi connectivity index (χ1n) is 3.55. The van der Waals surface area contributed by atoms with Gasteiger partial charge in [0.05, 0.1) is 23.1 Å². The van der Waals surface area contributed by atoms with Gasteiger partial charge in [-0.15, -0.1) is 0 Å². The monoisotopic (exact) mass is 193 g/mol. The maximum absolute atomic E-state index is 13.1. The second-order valence-electron chi connectivity index (χ2n) is 2.24. The van der Waals surface area contributed by atoms with Gasteiger partial charge in [0.25, 0.3) is 0 Å². The van der Waals surface area contributed by atoms with Crippen LogP contribution in [0.5, 0.6) is 0 Å². The van der Waals surface area contributed by atoms with Crippen LogP contribution >= 0.6 is 11.6 Å². The predicted molar refractivity (Wildman–Crippen MR) is 48.5 cm³/mol. The Bertz CT molecular complexity index is 409. The number of hydrogen-bond acceptors (Lipinski definition) is 1. The van der Waals surface area contributed by atoms with E-state index in [0.717, 1.165) is 0 Å². The Morgan fingerprint density at radius 2 is 2.23 bits per heavy atom. The summed E-state index contributed by atoms with van der Waals surface area (Å²) in [5, 5.41) is 8.24. The van der Waals surface area contributed by atoms with Gasteiger partial charge < -0.3 is 0 Å². The minimum absolute atomic E-state index is 0.0451. The molecule has 1 rings (SSSR count). The molecule has 3 heteroatoms. The molecule has 0 unspecified atom stereocenters. The van der Waals surface area contributed by atoms with Gasteiger partial charge in [-0.3, -0.25) is 0 Å². The molecule has 0 radical (unpaired) electrons. The van der Waals surface area contributed by atoms with Crippen LogP contribution in [0.4, 0.5) is 4.39 Å². The standard InChI is InChI=1S/C10H5ClFN/c11-9-6-3-5-8(10(9)12)4-1-2-7-13/h3,5-6H,2H2. The lowest BCUT2D eigenvalue weighted by atomic mass is 10.2. The van der Waals surface area contributed by atoms with Crippen molar-refractivity contribution in [2.75, 3.05) is 0 Å². The lowest BCUT2D eigenvalue weighted by Crippen LogP contribution is -1.83. The van der Waals surface area contributed by atoms with E-state index in [9.17, 15) is 4.39 Å². The van der Waals surface area contributed by atoms with E-state index in [1.807, 2.05) is 6.07 Å². The van der Waals surface area contributed by atoms with E-state index in [1.54, 1.807) is 6.07 Å². The second kappa shape index (κ2) is 4.50. The van der Waals surface area contributed by atoms with E-state index in [-0.39, 0.29) is 17.0 Å². The predicted octanol–water partition coefficient (Wildman–Crippen LogP) is 2.74. The lowest BCUT2D eigenvalue weighted by Gasteiger charge is -1.94. The van der Waals surface area contributed by atoms with Gasteiger partial charge in [0.1, 0.15) is 0 Å². The molecule has 1 aromatic rings. The zero-order valence-corrected chi connectivity index (χ0v) is 7.40. The van der Waals surface area contributed by atoms with Crippen molar-refractivity contribution in [2.45, 2.75) is 6.42 Å². The molecule has 0 aliphatic carbocycles. The first-order chi connectivity index (χ1) is 6.25. The maximum Gasteiger partial charge on any atom is 0.157 e. The van der Waals surface area contributed by atoms with E-state index in [2.05, 4.69) is 11.8 Å². The van der Waals surface area contributed by atoms with Crippen molar-refractivity contribution in [3.05, 3.63) is 34.6 Å². The molecule has 0 aromatic heterocycles. The average Bonchev–Trinajstić information content (AvgIpc) is 2.13. The zero-order chi connectivity index (χ0) is 9.68. The van der Waals surface area contributed by atoms with Crippen LogP contribution in [0.25, 0.3) is 0 Å². The highest BCUT2D eigenvalue weighted by molar-refractivity contribution is 6.30. The van der Waals surface area contributed by atoms with Crippen molar-refractivity contribution in [2.24, 2.45) is 0 Å². The molecule has 0 heterocycles. The topological polar surface area (TPSA) is 23.8 Å². The largest absolute Gasteiger partial charge is 0.204 e. The molecule has 0 saturated heterocycles. The van der Waals surface area contributed by atoms with Crippen molar-refractivity contribution in [1.29, 1.82) is 5.26 Å². The van der Waals surface area contributed by atoms with Crippen LogP contribution in [0, 0.1) is 29.0 Å². The summed E-state index contributed by atoms with van der Waals surface area (Å²) < 4.78 is 13.1. The molecule has 0 atom stereocenters. The minimum atomic E-state index is -0.533. The molecule has 64 valence electrons. The third-order valence-corrected chi connectivity index (χ3v) is 1.63. The van der Waals surface area contributed by atoms with Crippen molar-refractivity contribution < 1.29 is 4.39 Å². The summed E-state index contributed by atoms with van der Waals surface area (Å²) in [4.78, 5) is 0. The molecule has 0 aliphatic rings. The number of halogens is 2. The van der Waals surface area contributed by atoms with Gasteiger partial charge in [-0.2, -0.15) is 5.26 Å². The van der Waals surface area contributed by atoms with Crippen LogP contribution in [0.15, 0.2) is 18.2 Å². The van der Waals surface area contributed by atoms with E-state index in [4.69, 9.17) is 16.9 Å². The molecule has 0 spiro atoms. The molecule has 0 fully saturated rings. The summed E-state index contributed by atoms with van der Waals surface area (Å²) in [7, 11) is 0. The van der Waals surface area contributed by atoms with Gasteiger partial charge >= 0.3 is 0 Å². The molecule has 0 saturated carbocycles. The van der Waals surface area contributed by atoms with Crippen LogP contribution in [-0.4, -0.2) is 0 Å². The maximum atomic E-state index is 13.1. The molecule has 0 N–H and O–H groups in total. The van der Waals surface area contributed by atoms with Crippen molar-refractivity contribution in [1.82, 2.24) is 0 Å². The summed E-state index contributed by atoms with van der Waals surface area (Å²) >= 11 is 5.52. The Labute approximate surface area is 80.8 Å². The smallest absolute Gasteiger partial charge is 0.157 e. The van der Waals surface area contributed by atoms with Crippen LogP contribution in [0.3, 0.4) is 0 Å². The summed E-state index contributed by atoms with van der Waals surface area (Å²) in [5.74, 6) is 4.50. The van der Waals surface area contributed by atoms with Crippen LogP contribution in [-0.2, 0) is 0 Å².